The highest BCUT2D eigenvalue weighted by atomic mass is 16.5. The Kier molecular flexibility index (Phi) is 4.59. The highest BCUT2D eigenvalue weighted by Crippen LogP contribution is 2.25. The molecule has 0 atom stereocenters. The molecule has 2 aromatic rings. The summed E-state index contributed by atoms with van der Waals surface area (Å²) in [5, 5.41) is 6.78. The number of aromatic nitrogens is 2. The van der Waals surface area contributed by atoms with E-state index in [9.17, 15) is 4.79 Å². The van der Waals surface area contributed by atoms with Crippen molar-refractivity contribution in [2.24, 2.45) is 5.41 Å². The summed E-state index contributed by atoms with van der Waals surface area (Å²) in [5.41, 5.74) is 1.82. The summed E-state index contributed by atoms with van der Waals surface area (Å²) in [5.74, 6) is 0.884. The average Bonchev–Trinajstić information content (AvgIpc) is 2.91. The molecule has 0 fully saturated rings. The SMILES string of the molecule is CC(C)(C)C(=O)NCc1nc(-c2ccc(C(C)(C)C)cc2)no1. The summed E-state index contributed by atoms with van der Waals surface area (Å²) in [6, 6.07) is 8.13. The molecular weight excluding hydrogens is 290 g/mol. The molecular formula is C18H25N3O2. The van der Waals surface area contributed by atoms with Crippen molar-refractivity contribution < 1.29 is 9.32 Å². The van der Waals surface area contributed by atoms with Crippen LogP contribution < -0.4 is 5.32 Å². The van der Waals surface area contributed by atoms with Crippen LogP contribution in [0.3, 0.4) is 0 Å². The van der Waals surface area contributed by atoms with Crippen molar-refractivity contribution in [2.75, 3.05) is 0 Å². The number of hydrogen-bond acceptors (Lipinski definition) is 4. The number of amides is 1. The molecule has 0 radical (unpaired) electrons. The van der Waals surface area contributed by atoms with Crippen molar-refractivity contribution in [1.82, 2.24) is 15.5 Å². The topological polar surface area (TPSA) is 68.0 Å². The average molecular weight is 315 g/mol. The van der Waals surface area contributed by atoms with Crippen LogP contribution in [0.1, 0.15) is 53.0 Å². The third-order valence-corrected chi connectivity index (χ3v) is 3.56. The fourth-order valence-corrected chi connectivity index (χ4v) is 1.98. The molecule has 1 aromatic heterocycles. The number of nitrogens with zero attached hydrogens (tertiary/aromatic N) is 2. The Labute approximate surface area is 137 Å². The molecule has 0 saturated carbocycles. The molecule has 0 unspecified atom stereocenters. The third kappa shape index (κ3) is 4.41. The summed E-state index contributed by atoms with van der Waals surface area (Å²) < 4.78 is 5.20. The minimum absolute atomic E-state index is 0.0493. The lowest BCUT2D eigenvalue weighted by atomic mass is 9.87. The van der Waals surface area contributed by atoms with Crippen molar-refractivity contribution >= 4 is 5.91 Å². The zero-order valence-corrected chi connectivity index (χ0v) is 14.7. The standard InChI is InChI=1S/C18H25N3O2/c1-17(2,3)13-9-7-12(8-10-13)15-20-14(23-21-15)11-19-16(22)18(4,5)6/h7-10H,11H2,1-6H3,(H,19,22). The molecule has 23 heavy (non-hydrogen) atoms. The van der Waals surface area contributed by atoms with Crippen molar-refractivity contribution in [2.45, 2.75) is 53.5 Å². The minimum atomic E-state index is -0.439. The molecule has 1 N–H and O–H groups in total. The Balaban J connectivity index is 2.06. The van der Waals surface area contributed by atoms with Gasteiger partial charge in [0.25, 0.3) is 0 Å². The molecule has 2 rings (SSSR count). The number of carbonyl (C=O) groups is 1. The molecule has 124 valence electrons. The van der Waals surface area contributed by atoms with E-state index in [-0.39, 0.29) is 17.9 Å². The van der Waals surface area contributed by atoms with E-state index in [1.165, 1.54) is 5.56 Å². The molecule has 1 aromatic carbocycles. The fourth-order valence-electron chi connectivity index (χ4n) is 1.98. The summed E-state index contributed by atoms with van der Waals surface area (Å²) in [6.45, 7) is 12.3. The van der Waals surface area contributed by atoms with Crippen LogP contribution in [-0.4, -0.2) is 16.0 Å². The maximum atomic E-state index is 11.8. The van der Waals surface area contributed by atoms with E-state index in [2.05, 4.69) is 48.4 Å². The Bertz CT molecular complexity index is 674. The van der Waals surface area contributed by atoms with Crippen molar-refractivity contribution in [3.63, 3.8) is 0 Å². The molecule has 0 saturated heterocycles. The number of carbonyl (C=O) groups excluding carboxylic acids is 1. The van der Waals surface area contributed by atoms with Gasteiger partial charge in [-0.25, -0.2) is 0 Å². The predicted octanol–water partition coefficient (Wildman–Crippen LogP) is 3.70. The van der Waals surface area contributed by atoms with E-state index in [1.54, 1.807) is 0 Å². The van der Waals surface area contributed by atoms with Crippen molar-refractivity contribution in [1.29, 1.82) is 0 Å². The van der Waals surface area contributed by atoms with Gasteiger partial charge in [-0.05, 0) is 11.0 Å². The second-order valence-corrected chi connectivity index (χ2v) is 7.77. The molecule has 5 heteroatoms. The van der Waals surface area contributed by atoms with Gasteiger partial charge < -0.3 is 9.84 Å². The van der Waals surface area contributed by atoms with Gasteiger partial charge in [0, 0.05) is 11.0 Å². The van der Waals surface area contributed by atoms with Crippen LogP contribution >= 0.6 is 0 Å². The van der Waals surface area contributed by atoms with Crippen LogP contribution in [-0.2, 0) is 16.8 Å². The summed E-state index contributed by atoms with van der Waals surface area (Å²) >= 11 is 0. The highest BCUT2D eigenvalue weighted by Gasteiger charge is 2.21. The number of rotatable bonds is 3. The van der Waals surface area contributed by atoms with Crippen LogP contribution in [0.25, 0.3) is 11.4 Å². The monoisotopic (exact) mass is 315 g/mol. The van der Waals surface area contributed by atoms with Crippen LogP contribution in [0.5, 0.6) is 0 Å². The Hall–Kier alpha value is -2.17. The van der Waals surface area contributed by atoms with Crippen LogP contribution in [0, 0.1) is 5.41 Å². The van der Waals surface area contributed by atoms with Gasteiger partial charge in [-0.15, -0.1) is 0 Å². The summed E-state index contributed by atoms with van der Waals surface area (Å²) in [7, 11) is 0. The zero-order chi connectivity index (χ0) is 17.3. The zero-order valence-electron chi connectivity index (χ0n) is 14.7. The lowest BCUT2D eigenvalue weighted by molar-refractivity contribution is -0.128. The molecule has 0 aliphatic heterocycles. The van der Waals surface area contributed by atoms with Gasteiger partial charge in [0.1, 0.15) is 0 Å². The molecule has 0 spiro atoms. The smallest absolute Gasteiger partial charge is 0.246 e. The maximum Gasteiger partial charge on any atom is 0.246 e. The van der Waals surface area contributed by atoms with E-state index in [0.717, 1.165) is 5.56 Å². The van der Waals surface area contributed by atoms with E-state index in [0.29, 0.717) is 11.7 Å². The van der Waals surface area contributed by atoms with Crippen LogP contribution in [0.2, 0.25) is 0 Å². The van der Waals surface area contributed by atoms with Gasteiger partial charge in [-0.3, -0.25) is 4.79 Å². The fraction of sp³-hybridized carbons (Fsp3) is 0.500. The van der Waals surface area contributed by atoms with E-state index >= 15 is 0 Å². The number of benzene rings is 1. The molecule has 1 amide bonds. The Morgan fingerprint density at radius 1 is 1.09 bits per heavy atom. The minimum Gasteiger partial charge on any atom is -0.347 e. The van der Waals surface area contributed by atoms with Gasteiger partial charge in [0.15, 0.2) is 0 Å². The first-order valence-corrected chi connectivity index (χ1v) is 7.79. The van der Waals surface area contributed by atoms with Gasteiger partial charge in [-0.1, -0.05) is 71.0 Å². The van der Waals surface area contributed by atoms with Gasteiger partial charge in [0.05, 0.1) is 6.54 Å². The Morgan fingerprint density at radius 2 is 1.70 bits per heavy atom. The summed E-state index contributed by atoms with van der Waals surface area (Å²) in [6.07, 6.45) is 0. The number of hydrogen-bond donors (Lipinski definition) is 1. The predicted molar refractivity (Wildman–Crippen MR) is 89.7 cm³/mol. The first-order valence-electron chi connectivity index (χ1n) is 7.79. The largest absolute Gasteiger partial charge is 0.347 e. The Morgan fingerprint density at radius 3 is 2.22 bits per heavy atom. The first-order chi connectivity index (χ1) is 10.6. The molecule has 5 nitrogen and oxygen atoms in total. The quantitative estimate of drug-likeness (QED) is 0.938. The van der Waals surface area contributed by atoms with E-state index < -0.39 is 5.41 Å². The first kappa shape index (κ1) is 17.2. The lowest BCUT2D eigenvalue weighted by Crippen LogP contribution is -2.34. The molecule has 0 aliphatic rings. The maximum absolute atomic E-state index is 11.8. The van der Waals surface area contributed by atoms with Crippen molar-refractivity contribution in [3.05, 3.63) is 35.7 Å². The summed E-state index contributed by atoms with van der Waals surface area (Å²) in [4.78, 5) is 16.2. The normalized spacial score (nSPS) is 12.3. The highest BCUT2D eigenvalue weighted by molar-refractivity contribution is 5.81. The molecule has 1 heterocycles. The van der Waals surface area contributed by atoms with Gasteiger partial charge in [-0.2, -0.15) is 4.98 Å². The van der Waals surface area contributed by atoms with E-state index in [4.69, 9.17) is 4.52 Å². The van der Waals surface area contributed by atoms with Gasteiger partial charge >= 0.3 is 0 Å². The third-order valence-electron chi connectivity index (χ3n) is 3.56. The number of nitrogens with one attached hydrogen (secondary N) is 1. The molecule has 0 aliphatic carbocycles. The van der Waals surface area contributed by atoms with Crippen molar-refractivity contribution in [3.8, 4) is 11.4 Å². The second-order valence-electron chi connectivity index (χ2n) is 7.77. The van der Waals surface area contributed by atoms with E-state index in [1.807, 2.05) is 32.9 Å². The molecule has 0 bridgehead atoms. The second kappa shape index (κ2) is 6.14. The van der Waals surface area contributed by atoms with Crippen LogP contribution in [0.4, 0.5) is 0 Å². The van der Waals surface area contributed by atoms with Gasteiger partial charge in [0.2, 0.25) is 17.6 Å². The lowest BCUT2D eigenvalue weighted by Gasteiger charge is -2.18. The van der Waals surface area contributed by atoms with Crippen LogP contribution in [0.15, 0.2) is 28.8 Å².